The summed E-state index contributed by atoms with van der Waals surface area (Å²) in [5.74, 6) is 1.62. The van der Waals surface area contributed by atoms with Crippen molar-refractivity contribution in [3.8, 4) is 28.8 Å². The van der Waals surface area contributed by atoms with Crippen LogP contribution in [0.2, 0.25) is 0 Å². The van der Waals surface area contributed by atoms with E-state index in [1.807, 2.05) is 70.0 Å². The van der Waals surface area contributed by atoms with Gasteiger partial charge in [0.1, 0.15) is 37.0 Å². The molecule has 0 unspecified atom stereocenters. The zero-order valence-electron chi connectivity index (χ0n) is 22.5. The highest BCUT2D eigenvalue weighted by molar-refractivity contribution is 5.95. The number of carbonyl (C=O) groups is 1. The minimum Gasteiger partial charge on any atom is -0.494 e. The number of aryl methyl sites for hydroxylation is 2. The van der Waals surface area contributed by atoms with Crippen molar-refractivity contribution in [2.75, 3.05) is 20.3 Å². The van der Waals surface area contributed by atoms with Gasteiger partial charge in [0.05, 0.1) is 30.0 Å². The average Bonchev–Trinajstić information content (AvgIpc) is 3.60. The largest absolute Gasteiger partial charge is 0.494 e. The molecule has 0 aliphatic carbocycles. The van der Waals surface area contributed by atoms with Crippen LogP contribution in [0.5, 0.6) is 11.5 Å². The third-order valence-corrected chi connectivity index (χ3v) is 5.17. The number of benzene rings is 2. The molecule has 9 heteroatoms. The molecule has 0 fully saturated rings. The lowest BCUT2D eigenvalue weighted by Gasteiger charge is -2.11. The summed E-state index contributed by atoms with van der Waals surface area (Å²) in [6.07, 6.45) is 4.06. The molecule has 2 aromatic heterocycles. The molecule has 0 aliphatic heterocycles. The Balaban J connectivity index is 0.00000106. The second-order valence-corrected chi connectivity index (χ2v) is 7.08. The van der Waals surface area contributed by atoms with Gasteiger partial charge in [-0.1, -0.05) is 13.8 Å². The van der Waals surface area contributed by atoms with Gasteiger partial charge in [0, 0.05) is 31.0 Å². The lowest BCUT2D eigenvalue weighted by atomic mass is 10.1. The van der Waals surface area contributed by atoms with E-state index in [4.69, 9.17) is 14.3 Å². The van der Waals surface area contributed by atoms with Gasteiger partial charge in [-0.05, 0) is 62.9 Å². The second-order valence-electron chi connectivity index (χ2n) is 7.08. The summed E-state index contributed by atoms with van der Waals surface area (Å²) in [5, 5.41) is 15.0. The van der Waals surface area contributed by atoms with Gasteiger partial charge in [0.25, 0.3) is 0 Å². The van der Waals surface area contributed by atoms with Gasteiger partial charge in [0.15, 0.2) is 0 Å². The summed E-state index contributed by atoms with van der Waals surface area (Å²) in [7, 11) is 1.50. The standard InChI is InChI=1S/C24H25N5O2.C2H6.CH5N.CH2O/c1-3-29-23-14-20(31-13-5-12-28-17-26-16-27-28)10-11-21(23)22(15-25)24(29)18-6-8-19(9-7-18)30-4-2;3*1-2/h6-11,14,16-17H,3-5,12-13H2,1-2H3;1-2H3;2H2,1H3;1H2. The van der Waals surface area contributed by atoms with Crippen LogP contribution in [-0.2, 0) is 17.9 Å². The van der Waals surface area contributed by atoms with E-state index in [1.54, 1.807) is 11.0 Å². The lowest BCUT2D eigenvalue weighted by Crippen LogP contribution is -2.05. The summed E-state index contributed by atoms with van der Waals surface area (Å²) < 4.78 is 15.5. The summed E-state index contributed by atoms with van der Waals surface area (Å²) in [6.45, 7) is 12.8. The molecule has 0 saturated heterocycles. The number of hydrogen-bond acceptors (Lipinski definition) is 7. The number of rotatable bonds is 9. The van der Waals surface area contributed by atoms with Crippen molar-refractivity contribution >= 4 is 17.7 Å². The molecule has 2 heterocycles. The van der Waals surface area contributed by atoms with Crippen molar-refractivity contribution in [2.24, 2.45) is 5.73 Å². The number of carbonyl (C=O) groups excluding carboxylic acids is 1. The third-order valence-electron chi connectivity index (χ3n) is 5.17. The smallest absolute Gasteiger partial charge is 0.137 e. The predicted molar refractivity (Wildman–Crippen MR) is 148 cm³/mol. The van der Waals surface area contributed by atoms with Crippen molar-refractivity contribution in [2.45, 2.75) is 47.2 Å². The van der Waals surface area contributed by atoms with Gasteiger partial charge in [0.2, 0.25) is 0 Å². The molecule has 0 radical (unpaired) electrons. The number of hydrogen-bond donors (Lipinski definition) is 1. The van der Waals surface area contributed by atoms with E-state index >= 15 is 0 Å². The van der Waals surface area contributed by atoms with Crippen LogP contribution in [0.25, 0.3) is 22.2 Å². The quantitative estimate of drug-likeness (QED) is 0.314. The fraction of sp³-hybridized carbons (Fsp3) is 0.357. The SMILES string of the molecule is C=O.CC.CCOc1ccc(-c2c(C#N)c3ccc(OCCCn4cncn4)cc3n2CC)cc1.CN. The second kappa shape index (κ2) is 17.3. The Hall–Kier alpha value is -4.16. The van der Waals surface area contributed by atoms with E-state index in [9.17, 15) is 5.26 Å². The van der Waals surface area contributed by atoms with E-state index in [1.165, 1.54) is 13.4 Å². The van der Waals surface area contributed by atoms with Crippen molar-refractivity contribution in [3.63, 3.8) is 0 Å². The molecule has 0 atom stereocenters. The first-order valence-electron chi connectivity index (χ1n) is 12.4. The zero-order valence-corrected chi connectivity index (χ0v) is 22.5. The van der Waals surface area contributed by atoms with Crippen LogP contribution in [0, 0.1) is 11.3 Å². The summed E-state index contributed by atoms with van der Waals surface area (Å²) in [4.78, 5) is 11.9. The zero-order chi connectivity index (χ0) is 27.6. The summed E-state index contributed by atoms with van der Waals surface area (Å²) >= 11 is 0. The summed E-state index contributed by atoms with van der Waals surface area (Å²) in [5.41, 5.74) is 8.09. The monoisotopic (exact) mass is 506 g/mol. The van der Waals surface area contributed by atoms with Gasteiger partial charge >= 0.3 is 0 Å². The molecule has 198 valence electrons. The van der Waals surface area contributed by atoms with Crippen LogP contribution < -0.4 is 15.2 Å². The minimum absolute atomic E-state index is 0.578. The molecule has 9 nitrogen and oxygen atoms in total. The fourth-order valence-electron chi connectivity index (χ4n) is 3.80. The highest BCUT2D eigenvalue weighted by Gasteiger charge is 2.18. The molecule has 0 spiro atoms. The number of nitrogens with zero attached hydrogens (tertiary/aromatic N) is 5. The number of aromatic nitrogens is 4. The highest BCUT2D eigenvalue weighted by atomic mass is 16.5. The van der Waals surface area contributed by atoms with E-state index in [0.29, 0.717) is 18.8 Å². The first kappa shape index (κ1) is 30.9. The van der Waals surface area contributed by atoms with Gasteiger partial charge < -0.3 is 24.6 Å². The van der Waals surface area contributed by atoms with Crippen molar-refractivity contribution in [3.05, 3.63) is 60.7 Å². The van der Waals surface area contributed by atoms with Gasteiger partial charge in [-0.15, -0.1) is 0 Å². The molecule has 0 amide bonds. The number of ether oxygens (including phenoxy) is 2. The Kier molecular flexibility index (Phi) is 14.4. The predicted octanol–water partition coefficient (Wildman–Crippen LogP) is 5.08. The molecule has 4 aromatic rings. The van der Waals surface area contributed by atoms with E-state index in [-0.39, 0.29) is 0 Å². The average molecular weight is 507 g/mol. The van der Waals surface area contributed by atoms with Gasteiger partial charge in [-0.2, -0.15) is 10.4 Å². The molecule has 2 aromatic carbocycles. The highest BCUT2D eigenvalue weighted by Crippen LogP contribution is 2.36. The van der Waals surface area contributed by atoms with Crippen LogP contribution in [0.3, 0.4) is 0 Å². The lowest BCUT2D eigenvalue weighted by molar-refractivity contribution is -0.0980. The topological polar surface area (TPSA) is 121 Å². The van der Waals surface area contributed by atoms with E-state index in [0.717, 1.165) is 53.2 Å². The molecule has 0 aliphatic rings. The van der Waals surface area contributed by atoms with Crippen LogP contribution in [0.1, 0.15) is 39.7 Å². The Bertz CT molecular complexity index is 1210. The summed E-state index contributed by atoms with van der Waals surface area (Å²) in [6, 6.07) is 16.2. The number of nitriles is 1. The molecule has 37 heavy (non-hydrogen) atoms. The Morgan fingerprint density at radius 3 is 2.27 bits per heavy atom. The normalized spacial score (nSPS) is 9.54. The molecular formula is C28H38N6O3. The van der Waals surface area contributed by atoms with Crippen molar-refractivity contribution in [1.82, 2.24) is 19.3 Å². The first-order chi connectivity index (χ1) is 18.2. The van der Waals surface area contributed by atoms with Crippen molar-refractivity contribution in [1.29, 1.82) is 5.26 Å². The maximum atomic E-state index is 9.93. The fourth-order valence-corrected chi connectivity index (χ4v) is 3.80. The molecule has 2 N–H and O–H groups in total. The molecule has 4 rings (SSSR count). The van der Waals surface area contributed by atoms with Crippen molar-refractivity contribution < 1.29 is 14.3 Å². The molecule has 0 saturated carbocycles. The van der Waals surface area contributed by atoms with E-state index < -0.39 is 0 Å². The maximum absolute atomic E-state index is 9.93. The first-order valence-corrected chi connectivity index (χ1v) is 12.4. The molecular weight excluding hydrogens is 468 g/mol. The Morgan fingerprint density at radius 1 is 1.03 bits per heavy atom. The van der Waals surface area contributed by atoms with Gasteiger partial charge in [-0.3, -0.25) is 4.68 Å². The van der Waals surface area contributed by atoms with Crippen LogP contribution >= 0.6 is 0 Å². The Morgan fingerprint density at radius 2 is 1.70 bits per heavy atom. The number of fused-ring (bicyclic) bond motifs is 1. The molecule has 0 bridgehead atoms. The third kappa shape index (κ3) is 7.92. The van der Waals surface area contributed by atoms with Crippen LogP contribution in [0.15, 0.2) is 55.1 Å². The van der Waals surface area contributed by atoms with Crippen LogP contribution in [-0.4, -0.2) is 46.4 Å². The minimum atomic E-state index is 0.578. The van der Waals surface area contributed by atoms with Crippen LogP contribution in [0.4, 0.5) is 0 Å². The van der Waals surface area contributed by atoms with Gasteiger partial charge in [-0.25, -0.2) is 4.98 Å². The van der Waals surface area contributed by atoms with E-state index in [2.05, 4.69) is 33.4 Å². The maximum Gasteiger partial charge on any atom is 0.137 e. The Labute approximate surface area is 219 Å². The number of nitrogens with two attached hydrogens (primary N) is 1.